The van der Waals surface area contributed by atoms with Crippen molar-refractivity contribution in [2.24, 2.45) is 0 Å². The molecule has 0 saturated heterocycles. The number of halogens is 3. The Hall–Kier alpha value is -3.26. The van der Waals surface area contributed by atoms with Gasteiger partial charge >= 0.3 is 6.18 Å². The molecule has 1 amide bonds. The van der Waals surface area contributed by atoms with Crippen LogP contribution < -0.4 is 5.32 Å². The van der Waals surface area contributed by atoms with Gasteiger partial charge in [0, 0.05) is 22.5 Å². The summed E-state index contributed by atoms with van der Waals surface area (Å²) >= 11 is 1.29. The SMILES string of the molecule is O=C(Nc1nccs1)c1cccc2ccc(-c3cccc(C(F)(F)F)c3)nc12. The molecule has 2 aromatic carbocycles. The van der Waals surface area contributed by atoms with Crippen molar-refractivity contribution in [1.29, 1.82) is 0 Å². The number of rotatable bonds is 3. The number of nitrogens with zero attached hydrogens (tertiary/aromatic N) is 2. The van der Waals surface area contributed by atoms with Gasteiger partial charge in [0.15, 0.2) is 5.13 Å². The van der Waals surface area contributed by atoms with Gasteiger partial charge in [0.1, 0.15) is 0 Å². The van der Waals surface area contributed by atoms with E-state index in [4.69, 9.17) is 0 Å². The lowest BCUT2D eigenvalue weighted by Gasteiger charge is -2.10. The Bertz CT molecular complexity index is 1160. The Kier molecular flexibility index (Phi) is 4.56. The summed E-state index contributed by atoms with van der Waals surface area (Å²) in [5.74, 6) is -0.380. The number of benzene rings is 2. The molecule has 0 aliphatic rings. The molecule has 8 heteroatoms. The number of aromatic nitrogens is 2. The van der Waals surface area contributed by atoms with Gasteiger partial charge in [0.25, 0.3) is 5.91 Å². The number of alkyl halides is 3. The average molecular weight is 399 g/mol. The van der Waals surface area contributed by atoms with Crippen molar-refractivity contribution in [1.82, 2.24) is 9.97 Å². The number of carbonyl (C=O) groups excluding carboxylic acids is 1. The van der Waals surface area contributed by atoms with Crippen molar-refractivity contribution in [3.63, 3.8) is 0 Å². The van der Waals surface area contributed by atoms with E-state index >= 15 is 0 Å². The topological polar surface area (TPSA) is 54.9 Å². The molecule has 0 fully saturated rings. The molecule has 4 aromatic rings. The number of hydrogen-bond donors (Lipinski definition) is 1. The first-order valence-electron chi connectivity index (χ1n) is 8.20. The lowest BCUT2D eigenvalue weighted by Crippen LogP contribution is -2.12. The monoisotopic (exact) mass is 399 g/mol. The summed E-state index contributed by atoms with van der Waals surface area (Å²) < 4.78 is 39.0. The van der Waals surface area contributed by atoms with Crippen molar-refractivity contribution in [3.05, 3.63) is 77.3 Å². The first-order valence-corrected chi connectivity index (χ1v) is 9.08. The summed E-state index contributed by atoms with van der Waals surface area (Å²) in [6.45, 7) is 0. The maximum absolute atomic E-state index is 13.0. The van der Waals surface area contributed by atoms with Crippen molar-refractivity contribution in [3.8, 4) is 11.3 Å². The number of anilines is 1. The summed E-state index contributed by atoms with van der Waals surface area (Å²) in [7, 11) is 0. The lowest BCUT2D eigenvalue weighted by molar-refractivity contribution is -0.137. The Morgan fingerprint density at radius 1 is 1.04 bits per heavy atom. The van der Waals surface area contributed by atoms with Crippen LogP contribution in [0.5, 0.6) is 0 Å². The van der Waals surface area contributed by atoms with Gasteiger partial charge in [-0.25, -0.2) is 9.97 Å². The van der Waals surface area contributed by atoms with Gasteiger partial charge in [-0.15, -0.1) is 11.3 Å². The van der Waals surface area contributed by atoms with E-state index in [1.807, 2.05) is 0 Å². The lowest BCUT2D eigenvalue weighted by atomic mass is 10.0. The minimum atomic E-state index is -4.44. The maximum Gasteiger partial charge on any atom is 0.416 e. The predicted octanol–water partition coefficient (Wildman–Crippen LogP) is 5.63. The number of para-hydroxylation sites is 1. The molecule has 1 N–H and O–H groups in total. The number of carbonyl (C=O) groups is 1. The van der Waals surface area contributed by atoms with Crippen LogP contribution in [-0.4, -0.2) is 15.9 Å². The van der Waals surface area contributed by atoms with E-state index in [0.717, 1.165) is 12.1 Å². The highest BCUT2D eigenvalue weighted by atomic mass is 32.1. The maximum atomic E-state index is 13.0. The zero-order valence-corrected chi connectivity index (χ0v) is 15.0. The second-order valence-corrected chi connectivity index (χ2v) is 6.84. The average Bonchev–Trinajstić information content (AvgIpc) is 3.19. The highest BCUT2D eigenvalue weighted by Gasteiger charge is 2.30. The molecule has 0 bridgehead atoms. The van der Waals surface area contributed by atoms with Gasteiger partial charge < -0.3 is 0 Å². The summed E-state index contributed by atoms with van der Waals surface area (Å²) in [5, 5.41) is 5.60. The molecular formula is C20H12F3N3OS. The first kappa shape index (κ1) is 18.1. The fourth-order valence-corrected chi connectivity index (χ4v) is 3.32. The van der Waals surface area contributed by atoms with E-state index in [2.05, 4.69) is 15.3 Å². The molecule has 0 atom stereocenters. The van der Waals surface area contributed by atoms with Crippen molar-refractivity contribution >= 4 is 33.3 Å². The van der Waals surface area contributed by atoms with Crippen LogP contribution in [0, 0.1) is 0 Å². The molecule has 0 aliphatic carbocycles. The largest absolute Gasteiger partial charge is 0.416 e. The molecule has 0 saturated carbocycles. The number of nitrogens with one attached hydrogen (secondary N) is 1. The van der Waals surface area contributed by atoms with E-state index in [9.17, 15) is 18.0 Å². The van der Waals surface area contributed by atoms with Crippen LogP contribution >= 0.6 is 11.3 Å². The molecule has 0 spiro atoms. The van der Waals surface area contributed by atoms with Crippen LogP contribution in [-0.2, 0) is 6.18 Å². The molecule has 2 heterocycles. The number of amides is 1. The van der Waals surface area contributed by atoms with Gasteiger partial charge in [0.05, 0.1) is 22.3 Å². The molecule has 2 aromatic heterocycles. The molecule has 140 valence electrons. The zero-order chi connectivity index (χ0) is 19.7. The smallest absolute Gasteiger partial charge is 0.298 e. The van der Waals surface area contributed by atoms with E-state index in [0.29, 0.717) is 32.9 Å². The summed E-state index contributed by atoms with van der Waals surface area (Å²) in [4.78, 5) is 21.1. The van der Waals surface area contributed by atoms with Crippen molar-refractivity contribution in [2.75, 3.05) is 5.32 Å². The van der Waals surface area contributed by atoms with Crippen LogP contribution in [0.1, 0.15) is 15.9 Å². The van der Waals surface area contributed by atoms with Crippen LogP contribution in [0.2, 0.25) is 0 Å². The van der Waals surface area contributed by atoms with Crippen LogP contribution in [0.4, 0.5) is 18.3 Å². The molecule has 0 unspecified atom stereocenters. The van der Waals surface area contributed by atoms with Gasteiger partial charge in [0.2, 0.25) is 0 Å². The molecule has 28 heavy (non-hydrogen) atoms. The Balaban J connectivity index is 1.77. The second-order valence-electron chi connectivity index (χ2n) is 5.94. The zero-order valence-electron chi connectivity index (χ0n) is 14.2. The third kappa shape index (κ3) is 3.59. The summed E-state index contributed by atoms with van der Waals surface area (Å²) in [6, 6.07) is 13.5. The van der Waals surface area contributed by atoms with Crippen LogP contribution in [0.3, 0.4) is 0 Å². The molecule has 0 aliphatic heterocycles. The van der Waals surface area contributed by atoms with Crippen molar-refractivity contribution in [2.45, 2.75) is 6.18 Å². The Morgan fingerprint density at radius 3 is 2.61 bits per heavy atom. The fourth-order valence-electron chi connectivity index (χ4n) is 2.80. The van der Waals surface area contributed by atoms with E-state index < -0.39 is 11.7 Å². The number of pyridine rings is 1. The third-order valence-corrected chi connectivity index (χ3v) is 4.79. The molecule has 4 rings (SSSR count). The van der Waals surface area contributed by atoms with Crippen LogP contribution in [0.25, 0.3) is 22.2 Å². The Labute approximate surface area is 161 Å². The fraction of sp³-hybridized carbons (Fsp3) is 0.0500. The minimum absolute atomic E-state index is 0.321. The highest BCUT2D eigenvalue weighted by Crippen LogP contribution is 2.32. The normalized spacial score (nSPS) is 11.5. The van der Waals surface area contributed by atoms with E-state index in [1.165, 1.54) is 17.4 Å². The van der Waals surface area contributed by atoms with E-state index in [1.54, 1.807) is 48.0 Å². The second kappa shape index (κ2) is 7.05. The standard InChI is InChI=1S/C20H12F3N3OS/c21-20(22,23)14-5-1-4-13(11-14)16-8-7-12-3-2-6-15(17(12)25-16)18(27)26-19-24-9-10-28-19/h1-11H,(H,24,26,27). The molecule has 4 nitrogen and oxygen atoms in total. The first-order chi connectivity index (χ1) is 13.4. The quantitative estimate of drug-likeness (QED) is 0.486. The van der Waals surface area contributed by atoms with E-state index in [-0.39, 0.29) is 5.91 Å². The van der Waals surface area contributed by atoms with Gasteiger partial charge in [-0.1, -0.05) is 30.3 Å². The highest BCUT2D eigenvalue weighted by molar-refractivity contribution is 7.13. The summed E-state index contributed by atoms with van der Waals surface area (Å²) in [5.41, 5.74) is 0.662. The Morgan fingerprint density at radius 2 is 1.86 bits per heavy atom. The van der Waals surface area contributed by atoms with Crippen molar-refractivity contribution < 1.29 is 18.0 Å². The summed E-state index contributed by atoms with van der Waals surface area (Å²) in [6.07, 6.45) is -2.86. The predicted molar refractivity (Wildman–Crippen MR) is 102 cm³/mol. The third-order valence-electron chi connectivity index (χ3n) is 4.10. The van der Waals surface area contributed by atoms with Gasteiger partial charge in [-0.2, -0.15) is 13.2 Å². The minimum Gasteiger partial charge on any atom is -0.298 e. The van der Waals surface area contributed by atoms with Gasteiger partial charge in [-0.05, 0) is 24.3 Å². The number of fused-ring (bicyclic) bond motifs is 1. The van der Waals surface area contributed by atoms with Crippen LogP contribution in [0.15, 0.2) is 66.2 Å². The molecular weight excluding hydrogens is 387 g/mol. The van der Waals surface area contributed by atoms with Gasteiger partial charge in [-0.3, -0.25) is 10.1 Å². The number of hydrogen-bond acceptors (Lipinski definition) is 4. The number of thiazole rings is 1. The molecule has 0 radical (unpaired) electrons.